The van der Waals surface area contributed by atoms with Crippen molar-refractivity contribution in [1.29, 1.82) is 5.41 Å². The Morgan fingerprint density at radius 3 is 2.50 bits per heavy atom. The summed E-state index contributed by atoms with van der Waals surface area (Å²) in [6.45, 7) is 6.15. The number of ether oxygens (including phenoxy) is 3. The SMILES string of the molecule is COC(=N)/C(=C(\O)CNC(=O)OC(C)(C)C)c1cnc(N)c(O[C@H](C)c2cc(F)ccc2C(=O)O)c1. The molecule has 0 unspecified atom stereocenters. The monoisotopic (exact) mass is 504 g/mol. The molecule has 1 atom stereocenters. The van der Waals surface area contributed by atoms with Crippen molar-refractivity contribution in [3.8, 4) is 5.75 Å². The van der Waals surface area contributed by atoms with Crippen molar-refractivity contribution >= 4 is 29.4 Å². The van der Waals surface area contributed by atoms with Crippen LogP contribution in [0.25, 0.3) is 5.57 Å². The summed E-state index contributed by atoms with van der Waals surface area (Å²) in [6, 6.07) is 4.55. The van der Waals surface area contributed by atoms with Crippen molar-refractivity contribution in [3.63, 3.8) is 0 Å². The Morgan fingerprint density at radius 1 is 1.25 bits per heavy atom. The number of carboxylic acids is 1. The normalized spacial score (nSPS) is 12.7. The van der Waals surface area contributed by atoms with Crippen LogP contribution in [-0.4, -0.2) is 52.4 Å². The van der Waals surface area contributed by atoms with Crippen molar-refractivity contribution in [3.05, 3.63) is 58.7 Å². The van der Waals surface area contributed by atoms with Gasteiger partial charge in [0.25, 0.3) is 0 Å². The second kappa shape index (κ2) is 11.4. The first-order valence-corrected chi connectivity index (χ1v) is 10.7. The number of nitrogens with two attached hydrogens (primary N) is 1. The van der Waals surface area contributed by atoms with Gasteiger partial charge in [-0.2, -0.15) is 0 Å². The Morgan fingerprint density at radius 2 is 1.92 bits per heavy atom. The smallest absolute Gasteiger partial charge is 0.408 e. The zero-order valence-electron chi connectivity index (χ0n) is 20.5. The van der Waals surface area contributed by atoms with E-state index in [1.807, 2.05) is 0 Å². The summed E-state index contributed by atoms with van der Waals surface area (Å²) < 4.78 is 29.7. The predicted molar refractivity (Wildman–Crippen MR) is 130 cm³/mol. The van der Waals surface area contributed by atoms with E-state index < -0.39 is 47.8 Å². The van der Waals surface area contributed by atoms with Gasteiger partial charge in [-0.15, -0.1) is 0 Å². The number of aromatic carboxylic acids is 1. The summed E-state index contributed by atoms with van der Waals surface area (Å²) in [5, 5.41) is 30.5. The number of benzene rings is 1. The summed E-state index contributed by atoms with van der Waals surface area (Å²) in [5.74, 6) is -2.88. The molecule has 2 aromatic rings. The lowest BCUT2D eigenvalue weighted by Crippen LogP contribution is -2.34. The first-order valence-electron chi connectivity index (χ1n) is 10.7. The highest BCUT2D eigenvalue weighted by molar-refractivity contribution is 6.18. The van der Waals surface area contributed by atoms with Gasteiger partial charge in [-0.25, -0.2) is 19.0 Å². The number of carboxylic acid groups (broad SMARTS) is 1. The molecular formula is C24H29FN4O7. The molecule has 36 heavy (non-hydrogen) atoms. The molecule has 1 aromatic heterocycles. The van der Waals surface area contributed by atoms with Crippen LogP contribution in [0, 0.1) is 11.2 Å². The molecule has 2 rings (SSSR count). The van der Waals surface area contributed by atoms with E-state index in [1.165, 1.54) is 26.3 Å². The summed E-state index contributed by atoms with van der Waals surface area (Å²) in [6.07, 6.45) is -0.484. The van der Waals surface area contributed by atoms with Crippen molar-refractivity contribution in [2.75, 3.05) is 19.4 Å². The molecule has 0 aliphatic heterocycles. The lowest BCUT2D eigenvalue weighted by atomic mass is 10.0. The minimum Gasteiger partial charge on any atom is -0.510 e. The standard InChI is InChI=1S/C24H29FN4O7/c1-12(16-9-14(25)6-7-15(16)22(31)32)35-18-8-13(10-28-20(18)26)19(21(27)34-5)17(30)11-29-23(33)36-24(2,3)4/h6-10,12,27,30H,11H2,1-5H3,(H2,26,28)(H,29,33)(H,31,32)/b19-17-,27-21?/t12-/m1/s1. The average Bonchev–Trinajstić information content (AvgIpc) is 2.78. The average molecular weight is 505 g/mol. The summed E-state index contributed by atoms with van der Waals surface area (Å²) in [4.78, 5) is 27.5. The number of alkyl carbamates (subject to hydrolysis) is 1. The van der Waals surface area contributed by atoms with Crippen molar-refractivity contribution in [1.82, 2.24) is 10.3 Å². The highest BCUT2D eigenvalue weighted by Gasteiger charge is 2.22. The first-order chi connectivity index (χ1) is 16.7. The van der Waals surface area contributed by atoms with E-state index in [1.54, 1.807) is 20.8 Å². The molecular weight excluding hydrogens is 475 g/mol. The number of nitrogens with one attached hydrogen (secondary N) is 2. The van der Waals surface area contributed by atoms with Crippen molar-refractivity contribution in [2.45, 2.75) is 39.4 Å². The first kappa shape index (κ1) is 27.9. The summed E-state index contributed by atoms with van der Waals surface area (Å²) in [7, 11) is 1.22. The highest BCUT2D eigenvalue weighted by Crippen LogP contribution is 2.31. The summed E-state index contributed by atoms with van der Waals surface area (Å²) in [5.41, 5.74) is 5.12. The van der Waals surface area contributed by atoms with Crippen LogP contribution < -0.4 is 15.8 Å². The van der Waals surface area contributed by atoms with Crippen molar-refractivity contribution in [2.24, 2.45) is 0 Å². The van der Waals surface area contributed by atoms with Crippen LogP contribution in [0.1, 0.15) is 55.3 Å². The van der Waals surface area contributed by atoms with Crippen LogP contribution >= 0.6 is 0 Å². The number of methoxy groups -OCH3 is 1. The molecule has 0 aliphatic rings. The molecule has 12 heteroatoms. The Labute approximate surface area is 207 Å². The maximum atomic E-state index is 13.8. The number of carbonyl (C=O) groups is 2. The van der Waals surface area contributed by atoms with E-state index in [0.717, 1.165) is 18.2 Å². The number of aromatic nitrogens is 1. The van der Waals surface area contributed by atoms with Gasteiger partial charge in [-0.05, 0) is 52.0 Å². The quantitative estimate of drug-likeness (QED) is 0.201. The molecule has 6 N–H and O–H groups in total. The largest absolute Gasteiger partial charge is 0.510 e. The Balaban J connectivity index is 2.40. The zero-order chi connectivity index (χ0) is 27.2. The third-order valence-electron chi connectivity index (χ3n) is 4.68. The van der Waals surface area contributed by atoms with Gasteiger partial charge < -0.3 is 35.5 Å². The van der Waals surface area contributed by atoms with E-state index >= 15 is 0 Å². The lowest BCUT2D eigenvalue weighted by molar-refractivity contribution is 0.0526. The molecule has 11 nitrogen and oxygen atoms in total. The fourth-order valence-corrected chi connectivity index (χ4v) is 3.09. The lowest BCUT2D eigenvalue weighted by Gasteiger charge is -2.20. The number of rotatable bonds is 8. The Hall–Kier alpha value is -4.35. The Kier molecular flexibility index (Phi) is 8.82. The van der Waals surface area contributed by atoms with Gasteiger partial charge in [0.2, 0.25) is 5.90 Å². The van der Waals surface area contributed by atoms with Crippen LogP contribution in [-0.2, 0) is 9.47 Å². The number of hydrogen-bond donors (Lipinski definition) is 5. The van der Waals surface area contributed by atoms with E-state index in [2.05, 4.69) is 10.3 Å². The molecule has 194 valence electrons. The second-order valence-corrected chi connectivity index (χ2v) is 8.61. The molecule has 1 amide bonds. The van der Waals surface area contributed by atoms with E-state index in [0.29, 0.717) is 0 Å². The van der Waals surface area contributed by atoms with Crippen LogP contribution in [0.3, 0.4) is 0 Å². The minimum atomic E-state index is -1.26. The third-order valence-corrected chi connectivity index (χ3v) is 4.68. The number of carbonyl (C=O) groups excluding carboxylic acids is 1. The molecule has 0 bridgehead atoms. The molecule has 0 spiro atoms. The number of anilines is 1. The number of hydrogen-bond acceptors (Lipinski definition) is 9. The van der Waals surface area contributed by atoms with Gasteiger partial charge in [-0.1, -0.05) is 0 Å². The minimum absolute atomic E-state index is 0.0186. The van der Waals surface area contributed by atoms with Crippen LogP contribution in [0.4, 0.5) is 15.0 Å². The highest BCUT2D eigenvalue weighted by atomic mass is 19.1. The third kappa shape index (κ3) is 7.32. The number of nitrogens with zero attached hydrogens (tertiary/aromatic N) is 1. The Bertz CT molecular complexity index is 1190. The fraction of sp³-hybridized carbons (Fsp3) is 0.333. The maximum Gasteiger partial charge on any atom is 0.408 e. The number of pyridine rings is 1. The number of amides is 1. The number of nitrogen functional groups attached to an aromatic ring is 1. The molecule has 0 aliphatic carbocycles. The van der Waals surface area contributed by atoms with Crippen LogP contribution in [0.2, 0.25) is 0 Å². The van der Waals surface area contributed by atoms with Gasteiger partial charge in [-0.3, -0.25) is 5.41 Å². The molecule has 0 radical (unpaired) electrons. The van der Waals surface area contributed by atoms with Crippen molar-refractivity contribution < 1.29 is 38.4 Å². The zero-order valence-corrected chi connectivity index (χ0v) is 20.5. The summed E-state index contributed by atoms with van der Waals surface area (Å²) >= 11 is 0. The molecule has 1 aromatic carbocycles. The van der Waals surface area contributed by atoms with Gasteiger partial charge in [0.05, 0.1) is 24.8 Å². The van der Waals surface area contributed by atoms with Gasteiger partial charge >= 0.3 is 12.1 Å². The topological polar surface area (TPSA) is 177 Å². The molecule has 0 fully saturated rings. The predicted octanol–water partition coefficient (Wildman–Crippen LogP) is 4.06. The number of aliphatic hydroxyl groups excluding tert-OH is 1. The number of halogens is 1. The molecule has 0 saturated heterocycles. The molecule has 1 heterocycles. The van der Waals surface area contributed by atoms with E-state index in [4.69, 9.17) is 25.4 Å². The van der Waals surface area contributed by atoms with Gasteiger partial charge in [0.1, 0.15) is 23.3 Å². The van der Waals surface area contributed by atoms with Gasteiger partial charge in [0, 0.05) is 17.3 Å². The molecule has 0 saturated carbocycles. The number of aliphatic hydroxyl groups is 1. The van der Waals surface area contributed by atoms with Crippen LogP contribution in [0.15, 0.2) is 36.2 Å². The van der Waals surface area contributed by atoms with Crippen LogP contribution in [0.5, 0.6) is 5.75 Å². The second-order valence-electron chi connectivity index (χ2n) is 8.61. The van der Waals surface area contributed by atoms with Gasteiger partial charge in [0.15, 0.2) is 11.6 Å². The maximum absolute atomic E-state index is 13.8. The fourth-order valence-electron chi connectivity index (χ4n) is 3.09. The van der Waals surface area contributed by atoms with E-state index in [-0.39, 0.29) is 33.8 Å². The van der Waals surface area contributed by atoms with E-state index in [9.17, 15) is 24.2 Å².